The van der Waals surface area contributed by atoms with Gasteiger partial charge < -0.3 is 10.3 Å². The Hall–Kier alpha value is -2.27. The largest absolute Gasteiger partial charge is 0.399 e. The van der Waals surface area contributed by atoms with E-state index >= 15 is 0 Å². The van der Waals surface area contributed by atoms with E-state index in [0.29, 0.717) is 22.1 Å². The molecule has 3 aromatic rings. The van der Waals surface area contributed by atoms with Crippen molar-refractivity contribution >= 4 is 17.4 Å². The molecular weight excluding hydrogens is 287 g/mol. The molecule has 3 rings (SSSR count). The lowest BCUT2D eigenvalue weighted by molar-refractivity contribution is 0.397. The number of thioether (sulfide) groups is 1. The first-order valence-corrected chi connectivity index (χ1v) is 7.40. The number of halogens is 1. The quantitative estimate of drug-likeness (QED) is 0.574. The molecule has 0 amide bonds. The van der Waals surface area contributed by atoms with E-state index in [4.69, 9.17) is 10.3 Å². The summed E-state index contributed by atoms with van der Waals surface area (Å²) in [4.78, 5) is 0.543. The van der Waals surface area contributed by atoms with Crippen molar-refractivity contribution in [3.63, 3.8) is 0 Å². The second-order valence-electron chi connectivity index (χ2n) is 4.52. The lowest BCUT2D eigenvalue weighted by Gasteiger charge is -2.01. The number of benzene rings is 2. The molecule has 0 saturated carbocycles. The molecule has 5 heteroatoms. The van der Waals surface area contributed by atoms with Gasteiger partial charge in [-0.05, 0) is 18.2 Å². The molecule has 0 aliphatic rings. The highest BCUT2D eigenvalue weighted by atomic mass is 32.2. The van der Waals surface area contributed by atoms with Crippen LogP contribution in [0.4, 0.5) is 10.1 Å². The van der Waals surface area contributed by atoms with Crippen molar-refractivity contribution in [2.45, 2.75) is 10.6 Å². The summed E-state index contributed by atoms with van der Waals surface area (Å²) < 4.78 is 19.0. The van der Waals surface area contributed by atoms with Crippen molar-refractivity contribution in [2.75, 3.05) is 5.73 Å². The van der Waals surface area contributed by atoms with Crippen LogP contribution in [0.5, 0.6) is 0 Å². The molecule has 0 bridgehead atoms. The fourth-order valence-corrected chi connectivity index (χ4v) is 2.70. The Morgan fingerprint density at radius 3 is 2.67 bits per heavy atom. The number of nitrogen functional groups attached to an aromatic ring is 1. The lowest BCUT2D eigenvalue weighted by atomic mass is 10.1. The molecule has 0 aliphatic carbocycles. The molecule has 1 heterocycles. The fraction of sp³-hybridized carbons (Fsp3) is 0.0625. The number of anilines is 1. The summed E-state index contributed by atoms with van der Waals surface area (Å²) in [5, 5.41) is 4.03. The number of rotatable bonds is 4. The van der Waals surface area contributed by atoms with E-state index in [9.17, 15) is 4.39 Å². The highest BCUT2D eigenvalue weighted by molar-refractivity contribution is 7.98. The van der Waals surface area contributed by atoms with Crippen molar-refractivity contribution < 1.29 is 8.91 Å². The van der Waals surface area contributed by atoms with Gasteiger partial charge in [-0.2, -0.15) is 0 Å². The van der Waals surface area contributed by atoms with Crippen molar-refractivity contribution in [1.82, 2.24) is 5.16 Å². The molecule has 0 atom stereocenters. The van der Waals surface area contributed by atoms with E-state index in [0.717, 1.165) is 11.3 Å². The Morgan fingerprint density at radius 1 is 1.10 bits per heavy atom. The van der Waals surface area contributed by atoms with Crippen LogP contribution < -0.4 is 5.73 Å². The average Bonchev–Trinajstić information content (AvgIpc) is 2.96. The monoisotopic (exact) mass is 300 g/mol. The molecular formula is C16H13FN2OS. The van der Waals surface area contributed by atoms with Gasteiger partial charge in [0.2, 0.25) is 0 Å². The first-order valence-electron chi connectivity index (χ1n) is 6.41. The molecule has 106 valence electrons. The third kappa shape index (κ3) is 3.25. The van der Waals surface area contributed by atoms with Crippen LogP contribution in [0.2, 0.25) is 0 Å². The zero-order valence-corrected chi connectivity index (χ0v) is 11.9. The van der Waals surface area contributed by atoms with E-state index in [-0.39, 0.29) is 5.82 Å². The number of nitrogens with zero attached hydrogens (tertiary/aromatic N) is 1. The van der Waals surface area contributed by atoms with Gasteiger partial charge in [-0.25, -0.2) is 4.39 Å². The zero-order valence-electron chi connectivity index (χ0n) is 11.1. The number of hydrogen-bond acceptors (Lipinski definition) is 4. The third-order valence-corrected chi connectivity index (χ3v) is 4.03. The van der Waals surface area contributed by atoms with Crippen molar-refractivity contribution in [3.8, 4) is 11.3 Å². The minimum absolute atomic E-state index is 0.317. The molecule has 21 heavy (non-hydrogen) atoms. The third-order valence-electron chi connectivity index (χ3n) is 2.95. The van der Waals surface area contributed by atoms with E-state index in [1.165, 1.54) is 17.8 Å². The molecule has 0 aliphatic heterocycles. The van der Waals surface area contributed by atoms with Crippen LogP contribution in [0.3, 0.4) is 0 Å². The summed E-state index contributed by atoms with van der Waals surface area (Å²) in [7, 11) is 0. The SMILES string of the molecule is Nc1ccc(SCc2cc(-c3ccccc3)no2)c(F)c1. The van der Waals surface area contributed by atoms with Crippen LogP contribution in [0.15, 0.2) is 64.0 Å². The standard InChI is InChI=1S/C16H13FN2OS/c17-14-8-12(18)6-7-16(14)21-10-13-9-15(19-20-13)11-4-2-1-3-5-11/h1-9H,10,18H2. The van der Waals surface area contributed by atoms with Gasteiger partial charge >= 0.3 is 0 Å². The van der Waals surface area contributed by atoms with Crippen LogP contribution in [0.25, 0.3) is 11.3 Å². The van der Waals surface area contributed by atoms with Gasteiger partial charge in [0.1, 0.15) is 17.3 Å². The van der Waals surface area contributed by atoms with E-state index < -0.39 is 0 Å². The predicted octanol–water partition coefficient (Wildman–Crippen LogP) is 4.36. The highest BCUT2D eigenvalue weighted by Gasteiger charge is 2.09. The normalized spacial score (nSPS) is 10.7. The molecule has 1 aromatic heterocycles. The molecule has 0 unspecified atom stereocenters. The first-order chi connectivity index (χ1) is 10.2. The van der Waals surface area contributed by atoms with Crippen LogP contribution in [0, 0.1) is 5.82 Å². The summed E-state index contributed by atoms with van der Waals surface area (Å²) in [5.41, 5.74) is 7.72. The first kappa shape index (κ1) is 13.7. The molecule has 3 nitrogen and oxygen atoms in total. The van der Waals surface area contributed by atoms with E-state index in [2.05, 4.69) is 5.16 Å². The molecule has 0 spiro atoms. The maximum atomic E-state index is 13.7. The maximum Gasteiger partial charge on any atom is 0.147 e. The molecule has 2 N–H and O–H groups in total. The van der Waals surface area contributed by atoms with Gasteiger partial charge in [0.05, 0.1) is 5.75 Å². The highest BCUT2D eigenvalue weighted by Crippen LogP contribution is 2.28. The molecule has 0 saturated heterocycles. The Balaban J connectivity index is 1.70. The van der Waals surface area contributed by atoms with E-state index in [1.807, 2.05) is 36.4 Å². The van der Waals surface area contributed by atoms with Gasteiger partial charge in [-0.1, -0.05) is 35.5 Å². The second-order valence-corrected chi connectivity index (χ2v) is 5.54. The molecule has 2 aromatic carbocycles. The zero-order chi connectivity index (χ0) is 14.7. The minimum Gasteiger partial charge on any atom is -0.399 e. The van der Waals surface area contributed by atoms with Crippen molar-refractivity contribution in [3.05, 3.63) is 66.2 Å². The number of hydrogen-bond donors (Lipinski definition) is 1. The topological polar surface area (TPSA) is 52.0 Å². The Morgan fingerprint density at radius 2 is 1.90 bits per heavy atom. The lowest BCUT2D eigenvalue weighted by Crippen LogP contribution is -1.88. The predicted molar refractivity (Wildman–Crippen MR) is 82.3 cm³/mol. The second kappa shape index (κ2) is 6.01. The summed E-state index contributed by atoms with van der Waals surface area (Å²) in [6.45, 7) is 0. The molecule has 0 radical (unpaired) electrons. The van der Waals surface area contributed by atoms with Crippen LogP contribution in [0.1, 0.15) is 5.76 Å². The summed E-state index contributed by atoms with van der Waals surface area (Å²) in [5.74, 6) is 0.901. The number of nitrogens with two attached hydrogens (primary N) is 1. The summed E-state index contributed by atoms with van der Waals surface area (Å²) in [6.07, 6.45) is 0. The molecule has 0 fully saturated rings. The summed E-state index contributed by atoms with van der Waals surface area (Å²) >= 11 is 1.35. The van der Waals surface area contributed by atoms with Gasteiger partial charge in [-0.3, -0.25) is 0 Å². The van der Waals surface area contributed by atoms with Gasteiger partial charge in [0.25, 0.3) is 0 Å². The van der Waals surface area contributed by atoms with Crippen LogP contribution in [-0.2, 0) is 5.75 Å². The van der Waals surface area contributed by atoms with Gasteiger partial charge in [0, 0.05) is 22.2 Å². The van der Waals surface area contributed by atoms with Crippen molar-refractivity contribution in [2.24, 2.45) is 0 Å². The Bertz CT molecular complexity index is 743. The summed E-state index contributed by atoms with van der Waals surface area (Å²) in [6, 6.07) is 16.3. The van der Waals surface area contributed by atoms with Crippen molar-refractivity contribution in [1.29, 1.82) is 0 Å². The van der Waals surface area contributed by atoms with Gasteiger partial charge in [-0.15, -0.1) is 11.8 Å². The Kier molecular flexibility index (Phi) is 3.92. The van der Waals surface area contributed by atoms with Crippen LogP contribution >= 0.6 is 11.8 Å². The van der Waals surface area contributed by atoms with Gasteiger partial charge in [0.15, 0.2) is 0 Å². The van der Waals surface area contributed by atoms with E-state index in [1.54, 1.807) is 12.1 Å². The smallest absolute Gasteiger partial charge is 0.147 e. The Labute approximate surface area is 126 Å². The number of aromatic nitrogens is 1. The average molecular weight is 300 g/mol. The van der Waals surface area contributed by atoms with Crippen LogP contribution in [-0.4, -0.2) is 5.16 Å². The fourth-order valence-electron chi connectivity index (χ4n) is 1.91. The minimum atomic E-state index is -0.317. The maximum absolute atomic E-state index is 13.7.